The molecule has 126 valence electrons. The maximum absolute atomic E-state index is 11.7. The van der Waals surface area contributed by atoms with Crippen LogP contribution in [0.5, 0.6) is 0 Å². The lowest BCUT2D eigenvalue weighted by atomic mass is 10.2. The Kier molecular flexibility index (Phi) is 3.77. The Morgan fingerprint density at radius 3 is 2.80 bits per heavy atom. The maximum atomic E-state index is 11.7. The van der Waals surface area contributed by atoms with E-state index < -0.39 is 0 Å². The first kappa shape index (κ1) is 15.5. The minimum atomic E-state index is -0.337. The molecule has 0 amide bonds. The van der Waals surface area contributed by atoms with Crippen molar-refractivity contribution in [3.8, 4) is 0 Å². The zero-order chi connectivity index (χ0) is 17.4. The summed E-state index contributed by atoms with van der Waals surface area (Å²) in [5.74, 6) is 0.752. The Labute approximate surface area is 147 Å². The van der Waals surface area contributed by atoms with Crippen LogP contribution in [0.15, 0.2) is 42.5 Å². The van der Waals surface area contributed by atoms with Crippen molar-refractivity contribution >= 4 is 46.0 Å². The Bertz CT molecular complexity index is 1070. The summed E-state index contributed by atoms with van der Waals surface area (Å²) in [5.41, 5.74) is 2.95. The molecule has 4 rings (SSSR count). The smallest absolute Gasteiger partial charge is 0.338 e. The second kappa shape index (κ2) is 6.10. The first-order chi connectivity index (χ1) is 12.1. The number of hydrogen-bond donors (Lipinski definition) is 2. The van der Waals surface area contributed by atoms with Crippen LogP contribution in [-0.2, 0) is 4.74 Å². The summed E-state index contributed by atoms with van der Waals surface area (Å²) < 4.78 is 6.74. The third kappa shape index (κ3) is 2.89. The van der Waals surface area contributed by atoms with Gasteiger partial charge in [-0.15, -0.1) is 0 Å². The number of carbonyl (C=O) groups excluding carboxylic acids is 1. The van der Waals surface area contributed by atoms with Crippen LogP contribution in [-0.4, -0.2) is 32.2 Å². The van der Waals surface area contributed by atoms with Crippen LogP contribution in [0.2, 0.25) is 5.02 Å². The first-order valence-corrected chi connectivity index (χ1v) is 8.10. The van der Waals surface area contributed by atoms with Gasteiger partial charge in [0.25, 0.3) is 5.78 Å². The van der Waals surface area contributed by atoms with E-state index in [4.69, 9.17) is 16.3 Å². The molecule has 7 nitrogen and oxygen atoms in total. The lowest BCUT2D eigenvalue weighted by Gasteiger charge is -2.04. The molecule has 2 heterocycles. The SMILES string of the molecule is CCOC(=O)c1ccc(Nc2nc3nc4cc(Cl)ccc4n3[nH]2)cc1. The fourth-order valence-corrected chi connectivity index (χ4v) is 2.72. The number of anilines is 2. The third-order valence-corrected chi connectivity index (χ3v) is 3.92. The number of fused-ring (bicyclic) bond motifs is 3. The van der Waals surface area contributed by atoms with Crippen LogP contribution in [0.1, 0.15) is 17.3 Å². The lowest BCUT2D eigenvalue weighted by molar-refractivity contribution is 0.0526. The number of benzene rings is 2. The van der Waals surface area contributed by atoms with Crippen LogP contribution < -0.4 is 5.32 Å². The Morgan fingerprint density at radius 2 is 2.04 bits per heavy atom. The van der Waals surface area contributed by atoms with Crippen molar-refractivity contribution in [2.45, 2.75) is 6.92 Å². The van der Waals surface area contributed by atoms with Crippen molar-refractivity contribution < 1.29 is 9.53 Å². The van der Waals surface area contributed by atoms with E-state index in [2.05, 4.69) is 20.4 Å². The summed E-state index contributed by atoms with van der Waals surface area (Å²) >= 11 is 5.98. The number of ether oxygens (including phenoxy) is 1. The highest BCUT2D eigenvalue weighted by atomic mass is 35.5. The monoisotopic (exact) mass is 355 g/mol. The van der Waals surface area contributed by atoms with E-state index in [0.29, 0.717) is 28.9 Å². The van der Waals surface area contributed by atoms with E-state index in [1.165, 1.54) is 0 Å². The molecule has 0 aliphatic heterocycles. The van der Waals surface area contributed by atoms with E-state index in [0.717, 1.165) is 16.7 Å². The predicted molar refractivity (Wildman–Crippen MR) is 95.5 cm³/mol. The highest BCUT2D eigenvalue weighted by Crippen LogP contribution is 2.21. The number of rotatable bonds is 4. The molecule has 2 aromatic carbocycles. The highest BCUT2D eigenvalue weighted by molar-refractivity contribution is 6.31. The summed E-state index contributed by atoms with van der Waals surface area (Å²) in [4.78, 5) is 20.5. The minimum absolute atomic E-state index is 0.337. The number of aromatic nitrogens is 4. The van der Waals surface area contributed by atoms with E-state index in [-0.39, 0.29) is 5.97 Å². The van der Waals surface area contributed by atoms with Crippen molar-refractivity contribution in [1.29, 1.82) is 0 Å². The average Bonchev–Trinajstić information content (AvgIpc) is 3.12. The van der Waals surface area contributed by atoms with E-state index in [1.54, 1.807) is 47.8 Å². The molecular formula is C17H14ClN5O2. The molecule has 0 radical (unpaired) electrons. The van der Waals surface area contributed by atoms with Gasteiger partial charge in [-0.05, 0) is 49.4 Å². The van der Waals surface area contributed by atoms with Gasteiger partial charge in [0.05, 0.1) is 23.2 Å². The van der Waals surface area contributed by atoms with Crippen LogP contribution in [0.25, 0.3) is 16.8 Å². The summed E-state index contributed by atoms with van der Waals surface area (Å²) in [5, 5.41) is 6.92. The van der Waals surface area contributed by atoms with E-state index >= 15 is 0 Å². The van der Waals surface area contributed by atoms with Crippen LogP contribution in [0, 0.1) is 0 Å². The van der Waals surface area contributed by atoms with Crippen molar-refractivity contribution in [3.05, 3.63) is 53.1 Å². The molecule has 0 atom stereocenters. The second-order valence-electron chi connectivity index (χ2n) is 5.38. The number of halogens is 1. The fraction of sp³-hybridized carbons (Fsp3) is 0.118. The molecule has 0 aliphatic rings. The minimum Gasteiger partial charge on any atom is -0.462 e. The number of esters is 1. The largest absolute Gasteiger partial charge is 0.462 e. The molecule has 0 fully saturated rings. The third-order valence-electron chi connectivity index (χ3n) is 3.69. The number of imidazole rings is 1. The first-order valence-electron chi connectivity index (χ1n) is 7.72. The molecule has 2 N–H and O–H groups in total. The van der Waals surface area contributed by atoms with E-state index in [9.17, 15) is 4.79 Å². The number of nitrogens with zero attached hydrogens (tertiary/aromatic N) is 3. The standard InChI is InChI=1S/C17H14ClN5O2/c1-2-25-15(24)10-3-6-12(7-4-10)19-16-21-17-20-13-9-11(18)5-8-14(13)23(17)22-16/h3-9H,2H2,1H3,(H2,19,20,21,22). The zero-order valence-electron chi connectivity index (χ0n) is 13.3. The van der Waals surface area contributed by atoms with Crippen molar-refractivity contribution in [2.24, 2.45) is 0 Å². The lowest BCUT2D eigenvalue weighted by Crippen LogP contribution is -2.04. The predicted octanol–water partition coefficient (Wildman–Crippen LogP) is 3.78. The molecule has 0 unspecified atom stereocenters. The van der Waals surface area contributed by atoms with Crippen LogP contribution in [0.3, 0.4) is 0 Å². The summed E-state index contributed by atoms with van der Waals surface area (Å²) in [6.07, 6.45) is 0. The Hall–Kier alpha value is -3.06. The number of nitrogens with one attached hydrogen (secondary N) is 2. The molecule has 0 saturated carbocycles. The van der Waals surface area contributed by atoms with Crippen molar-refractivity contribution in [2.75, 3.05) is 11.9 Å². The molecule has 8 heteroatoms. The highest BCUT2D eigenvalue weighted by Gasteiger charge is 2.11. The summed E-state index contributed by atoms with van der Waals surface area (Å²) in [6.45, 7) is 2.13. The van der Waals surface area contributed by atoms with Gasteiger partial charge in [-0.2, -0.15) is 4.98 Å². The van der Waals surface area contributed by atoms with Gasteiger partial charge >= 0.3 is 5.97 Å². The van der Waals surface area contributed by atoms with Crippen LogP contribution in [0.4, 0.5) is 11.6 Å². The number of carbonyl (C=O) groups is 1. The summed E-state index contributed by atoms with van der Waals surface area (Å²) in [6, 6.07) is 12.5. The molecule has 25 heavy (non-hydrogen) atoms. The molecule has 0 bridgehead atoms. The van der Waals surface area contributed by atoms with Gasteiger partial charge in [-0.25, -0.2) is 14.3 Å². The topological polar surface area (TPSA) is 84.3 Å². The molecule has 4 aromatic rings. The number of H-pyrrole nitrogens is 1. The zero-order valence-corrected chi connectivity index (χ0v) is 14.0. The Balaban J connectivity index is 1.59. The van der Waals surface area contributed by atoms with Gasteiger partial charge in [0, 0.05) is 10.7 Å². The molecule has 2 aromatic heterocycles. The molecular weight excluding hydrogens is 342 g/mol. The number of hydrogen-bond acceptors (Lipinski definition) is 5. The van der Waals surface area contributed by atoms with Crippen molar-refractivity contribution in [3.63, 3.8) is 0 Å². The molecule has 0 spiro atoms. The van der Waals surface area contributed by atoms with E-state index in [1.807, 2.05) is 6.07 Å². The van der Waals surface area contributed by atoms with Gasteiger partial charge in [-0.1, -0.05) is 11.6 Å². The second-order valence-corrected chi connectivity index (χ2v) is 5.81. The van der Waals surface area contributed by atoms with Gasteiger partial charge in [-0.3, -0.25) is 5.10 Å². The Morgan fingerprint density at radius 1 is 1.24 bits per heavy atom. The van der Waals surface area contributed by atoms with Gasteiger partial charge in [0.1, 0.15) is 0 Å². The molecule has 0 saturated heterocycles. The van der Waals surface area contributed by atoms with Gasteiger partial charge in [0.2, 0.25) is 5.95 Å². The summed E-state index contributed by atoms with van der Waals surface area (Å²) in [7, 11) is 0. The van der Waals surface area contributed by atoms with Gasteiger partial charge < -0.3 is 10.1 Å². The average molecular weight is 356 g/mol. The fourth-order valence-electron chi connectivity index (χ4n) is 2.55. The van der Waals surface area contributed by atoms with Crippen LogP contribution >= 0.6 is 11.6 Å². The van der Waals surface area contributed by atoms with Gasteiger partial charge in [0.15, 0.2) is 0 Å². The number of aromatic amines is 1. The quantitative estimate of drug-likeness (QED) is 0.544. The van der Waals surface area contributed by atoms with Crippen molar-refractivity contribution in [1.82, 2.24) is 19.6 Å². The molecule has 0 aliphatic carbocycles. The maximum Gasteiger partial charge on any atom is 0.338 e. The normalized spacial score (nSPS) is 11.1.